The molecule has 2 aliphatic heterocycles. The number of aliphatic imine (C=N–C) groups is 1. The Balaban J connectivity index is 1.52. The predicted octanol–water partition coefficient (Wildman–Crippen LogP) is 3.17. The van der Waals surface area contributed by atoms with Crippen LogP contribution in [0.1, 0.15) is 17.5 Å². The summed E-state index contributed by atoms with van der Waals surface area (Å²) in [5.74, 6) is 0.275. The summed E-state index contributed by atoms with van der Waals surface area (Å²) in [7, 11) is 2.07. The molecule has 2 unspecified atom stereocenters. The van der Waals surface area contributed by atoms with Gasteiger partial charge in [0.1, 0.15) is 17.7 Å². The normalized spacial score (nSPS) is 22.4. The Morgan fingerprint density at radius 3 is 2.84 bits per heavy atom. The highest BCUT2D eigenvalue weighted by molar-refractivity contribution is 5.85. The van der Waals surface area contributed by atoms with Crippen molar-refractivity contribution in [2.75, 3.05) is 31.2 Å². The number of hydrogen-bond acceptors (Lipinski definition) is 7. The fourth-order valence-corrected chi connectivity index (χ4v) is 4.29. The van der Waals surface area contributed by atoms with Crippen molar-refractivity contribution in [1.82, 2.24) is 9.88 Å². The summed E-state index contributed by atoms with van der Waals surface area (Å²) in [6.07, 6.45) is 4.23. The second-order valence-electron chi connectivity index (χ2n) is 8.30. The number of likely N-dealkylation sites (N-methyl/N-ethyl adjacent to an activating group) is 1. The molecule has 32 heavy (non-hydrogen) atoms. The van der Waals surface area contributed by atoms with E-state index in [1.165, 1.54) is 6.07 Å². The number of nitrogens with one attached hydrogen (secondary N) is 1. The van der Waals surface area contributed by atoms with E-state index >= 15 is 0 Å². The smallest absolute Gasteiger partial charge is 0.163 e. The molecule has 0 spiro atoms. The first kappa shape index (κ1) is 20.4. The molecule has 2 aromatic carbocycles. The molecular weight excluding hydrogens is 407 g/mol. The lowest BCUT2D eigenvalue weighted by Crippen LogP contribution is -2.39. The molecule has 0 amide bonds. The van der Waals surface area contributed by atoms with Gasteiger partial charge in [-0.25, -0.2) is 9.38 Å². The zero-order chi connectivity index (χ0) is 22.3. The van der Waals surface area contributed by atoms with Crippen molar-refractivity contribution < 1.29 is 9.13 Å². The standard InChI is InChI=1S/C24H25FN6O/c1-31-9-7-16(13-31)32-23-12-22-18(11-20(23)26)24(27,30-14-29-22)15-6-8-28-21(10-15)17-4-2-3-5-19(17)25/h2-6,8,10-12,14,16H,7,9,13,26-27H2,1H3,(H,29,30). The van der Waals surface area contributed by atoms with E-state index in [0.717, 1.165) is 25.2 Å². The van der Waals surface area contributed by atoms with Crippen LogP contribution in [0.15, 0.2) is 59.7 Å². The molecule has 1 saturated heterocycles. The SMILES string of the molecule is CN1CCC(Oc2cc3c(cc2N)C(N)(c2ccnc(-c4ccccc4F)c2)N=CN3)C1. The molecule has 0 aliphatic carbocycles. The Morgan fingerprint density at radius 1 is 1.22 bits per heavy atom. The third kappa shape index (κ3) is 3.57. The molecule has 0 radical (unpaired) electrons. The molecule has 164 valence electrons. The lowest BCUT2D eigenvalue weighted by molar-refractivity contribution is 0.209. The molecule has 2 aliphatic rings. The molecule has 7 nitrogen and oxygen atoms in total. The van der Waals surface area contributed by atoms with Crippen LogP contribution < -0.4 is 21.5 Å². The number of ether oxygens (including phenoxy) is 1. The summed E-state index contributed by atoms with van der Waals surface area (Å²) in [5.41, 5.74) is 15.5. The third-order valence-corrected chi connectivity index (χ3v) is 6.04. The van der Waals surface area contributed by atoms with Crippen molar-refractivity contribution in [3.8, 4) is 17.0 Å². The summed E-state index contributed by atoms with van der Waals surface area (Å²) in [5, 5.41) is 3.15. The summed E-state index contributed by atoms with van der Waals surface area (Å²) < 4.78 is 20.5. The van der Waals surface area contributed by atoms with Crippen molar-refractivity contribution in [1.29, 1.82) is 0 Å². The average Bonchev–Trinajstić information content (AvgIpc) is 3.20. The van der Waals surface area contributed by atoms with Crippen LogP contribution in [0.25, 0.3) is 11.3 Å². The molecule has 5 N–H and O–H groups in total. The van der Waals surface area contributed by atoms with Gasteiger partial charge in [-0.2, -0.15) is 0 Å². The number of nitrogens with two attached hydrogens (primary N) is 2. The van der Waals surface area contributed by atoms with Crippen LogP contribution in [-0.4, -0.2) is 42.5 Å². The van der Waals surface area contributed by atoms with Gasteiger partial charge in [0.25, 0.3) is 0 Å². The Bertz CT molecular complexity index is 1200. The Labute approximate surface area is 185 Å². The molecule has 0 saturated carbocycles. The lowest BCUT2D eigenvalue weighted by atomic mass is 9.89. The van der Waals surface area contributed by atoms with Crippen LogP contribution in [0, 0.1) is 5.82 Å². The summed E-state index contributed by atoms with van der Waals surface area (Å²) in [4.78, 5) is 11.1. The van der Waals surface area contributed by atoms with E-state index in [1.54, 1.807) is 48.9 Å². The molecule has 1 fully saturated rings. The average molecular weight is 433 g/mol. The van der Waals surface area contributed by atoms with Crippen molar-refractivity contribution in [3.05, 3.63) is 71.7 Å². The zero-order valence-electron chi connectivity index (χ0n) is 17.8. The zero-order valence-corrected chi connectivity index (χ0v) is 17.8. The highest BCUT2D eigenvalue weighted by Gasteiger charge is 2.35. The Morgan fingerprint density at radius 2 is 2.06 bits per heavy atom. The molecule has 3 heterocycles. The largest absolute Gasteiger partial charge is 0.487 e. The quantitative estimate of drug-likeness (QED) is 0.548. The number of nitrogens with zero attached hydrogens (tertiary/aromatic N) is 3. The van der Waals surface area contributed by atoms with Crippen LogP contribution in [0.3, 0.4) is 0 Å². The Kier molecular flexibility index (Phi) is 5.03. The molecule has 2 atom stereocenters. The first-order valence-electron chi connectivity index (χ1n) is 10.5. The molecule has 0 bridgehead atoms. The summed E-state index contributed by atoms with van der Waals surface area (Å²) in [6.45, 7) is 1.86. The van der Waals surface area contributed by atoms with E-state index in [0.29, 0.717) is 33.8 Å². The third-order valence-electron chi connectivity index (χ3n) is 6.04. The van der Waals surface area contributed by atoms with E-state index in [9.17, 15) is 4.39 Å². The van der Waals surface area contributed by atoms with Gasteiger partial charge in [-0.1, -0.05) is 12.1 Å². The van der Waals surface area contributed by atoms with Gasteiger partial charge >= 0.3 is 0 Å². The molecule has 3 aromatic rings. The molecule has 1 aromatic heterocycles. The van der Waals surface area contributed by atoms with Gasteiger partial charge < -0.3 is 20.7 Å². The number of pyridine rings is 1. The maximum atomic E-state index is 14.3. The number of aromatic nitrogens is 1. The number of benzene rings is 2. The Hall–Kier alpha value is -3.49. The number of fused-ring (bicyclic) bond motifs is 1. The van der Waals surface area contributed by atoms with Gasteiger partial charge in [-0.3, -0.25) is 10.7 Å². The first-order valence-corrected chi connectivity index (χ1v) is 10.5. The van der Waals surface area contributed by atoms with Crippen molar-refractivity contribution in [2.24, 2.45) is 10.7 Å². The van der Waals surface area contributed by atoms with E-state index in [4.69, 9.17) is 16.2 Å². The second-order valence-corrected chi connectivity index (χ2v) is 8.30. The van der Waals surface area contributed by atoms with E-state index in [1.807, 2.05) is 6.07 Å². The fourth-order valence-electron chi connectivity index (χ4n) is 4.29. The van der Waals surface area contributed by atoms with Crippen LogP contribution in [0.4, 0.5) is 15.8 Å². The topological polar surface area (TPSA) is 102 Å². The van der Waals surface area contributed by atoms with Crippen LogP contribution >= 0.6 is 0 Å². The fraction of sp³-hybridized carbons (Fsp3) is 0.250. The van der Waals surface area contributed by atoms with E-state index in [-0.39, 0.29) is 11.9 Å². The minimum Gasteiger partial charge on any atom is -0.487 e. The van der Waals surface area contributed by atoms with Gasteiger partial charge in [0.05, 0.1) is 23.4 Å². The maximum absolute atomic E-state index is 14.3. The maximum Gasteiger partial charge on any atom is 0.163 e. The lowest BCUT2D eigenvalue weighted by Gasteiger charge is -2.32. The molecule has 8 heteroatoms. The van der Waals surface area contributed by atoms with Gasteiger partial charge in [0.15, 0.2) is 5.66 Å². The van der Waals surface area contributed by atoms with Gasteiger partial charge in [0, 0.05) is 42.0 Å². The molecular formula is C24H25FN6O. The summed E-state index contributed by atoms with van der Waals surface area (Å²) in [6, 6.07) is 13.7. The number of hydrogen-bond donors (Lipinski definition) is 3. The van der Waals surface area contributed by atoms with Crippen LogP contribution in [-0.2, 0) is 5.66 Å². The van der Waals surface area contributed by atoms with E-state index < -0.39 is 5.66 Å². The highest BCUT2D eigenvalue weighted by atomic mass is 19.1. The van der Waals surface area contributed by atoms with Crippen molar-refractivity contribution in [3.63, 3.8) is 0 Å². The number of likely N-dealkylation sites (tertiary alicyclic amines) is 1. The summed E-state index contributed by atoms with van der Waals surface area (Å²) >= 11 is 0. The van der Waals surface area contributed by atoms with Gasteiger partial charge in [-0.15, -0.1) is 0 Å². The second kappa shape index (κ2) is 7.89. The van der Waals surface area contributed by atoms with Crippen molar-refractivity contribution in [2.45, 2.75) is 18.2 Å². The minimum atomic E-state index is -1.20. The van der Waals surface area contributed by atoms with Crippen molar-refractivity contribution >= 4 is 17.7 Å². The number of nitrogen functional groups attached to an aromatic ring is 1. The van der Waals surface area contributed by atoms with E-state index in [2.05, 4.69) is 27.2 Å². The number of rotatable bonds is 4. The number of anilines is 2. The van der Waals surface area contributed by atoms with Crippen LogP contribution in [0.2, 0.25) is 0 Å². The minimum absolute atomic E-state index is 0.101. The highest BCUT2D eigenvalue weighted by Crippen LogP contribution is 2.41. The number of halogens is 1. The molecule has 5 rings (SSSR count). The van der Waals surface area contributed by atoms with Crippen LogP contribution in [0.5, 0.6) is 5.75 Å². The van der Waals surface area contributed by atoms with Gasteiger partial charge in [0.2, 0.25) is 0 Å². The monoisotopic (exact) mass is 432 g/mol. The van der Waals surface area contributed by atoms with Gasteiger partial charge in [-0.05, 0) is 43.8 Å². The first-order chi connectivity index (χ1) is 15.4. The predicted molar refractivity (Wildman–Crippen MR) is 124 cm³/mol.